The Morgan fingerprint density at radius 2 is 1.86 bits per heavy atom. The Bertz CT molecular complexity index is 279. The van der Waals surface area contributed by atoms with Crippen LogP contribution in [-0.2, 0) is 4.74 Å². The minimum Gasteiger partial charge on any atom is -0.381 e. The van der Waals surface area contributed by atoms with Gasteiger partial charge in [0, 0.05) is 26.3 Å². The molecular formula is C18H36N2O. The first-order chi connectivity index (χ1) is 10.2. The summed E-state index contributed by atoms with van der Waals surface area (Å²) in [5.41, 5.74) is 0.456. The highest BCUT2D eigenvalue weighted by molar-refractivity contribution is 4.88. The van der Waals surface area contributed by atoms with Crippen molar-refractivity contribution in [3.8, 4) is 0 Å². The van der Waals surface area contributed by atoms with Crippen LogP contribution in [0.25, 0.3) is 0 Å². The maximum absolute atomic E-state index is 5.62. The normalized spacial score (nSPS) is 24.6. The molecule has 3 nitrogen and oxygen atoms in total. The van der Waals surface area contributed by atoms with Gasteiger partial charge >= 0.3 is 0 Å². The van der Waals surface area contributed by atoms with Crippen LogP contribution >= 0.6 is 0 Å². The SMILES string of the molecule is CCCNCC1(CN2CCC(C(C)C)CC2)CCOCC1. The molecule has 0 spiro atoms. The van der Waals surface area contributed by atoms with Crippen molar-refractivity contribution in [2.45, 2.75) is 52.9 Å². The molecule has 0 saturated carbocycles. The van der Waals surface area contributed by atoms with Crippen molar-refractivity contribution in [2.75, 3.05) is 45.9 Å². The number of hydrogen-bond acceptors (Lipinski definition) is 3. The van der Waals surface area contributed by atoms with Crippen molar-refractivity contribution in [3.05, 3.63) is 0 Å². The van der Waals surface area contributed by atoms with Gasteiger partial charge in [0.05, 0.1) is 0 Å². The molecule has 2 aliphatic rings. The summed E-state index contributed by atoms with van der Waals surface area (Å²) in [7, 11) is 0. The minimum atomic E-state index is 0.456. The lowest BCUT2D eigenvalue weighted by Gasteiger charge is -2.43. The molecule has 3 heteroatoms. The van der Waals surface area contributed by atoms with Gasteiger partial charge in [-0.3, -0.25) is 0 Å². The highest BCUT2D eigenvalue weighted by atomic mass is 16.5. The van der Waals surface area contributed by atoms with Crippen molar-refractivity contribution in [3.63, 3.8) is 0 Å². The lowest BCUT2D eigenvalue weighted by atomic mass is 9.78. The fraction of sp³-hybridized carbons (Fsp3) is 1.00. The molecule has 0 unspecified atom stereocenters. The molecule has 2 saturated heterocycles. The van der Waals surface area contributed by atoms with E-state index >= 15 is 0 Å². The molecule has 1 N–H and O–H groups in total. The lowest BCUT2D eigenvalue weighted by molar-refractivity contribution is -0.0108. The van der Waals surface area contributed by atoms with Gasteiger partial charge in [0.1, 0.15) is 0 Å². The number of ether oxygens (including phenoxy) is 1. The number of likely N-dealkylation sites (tertiary alicyclic amines) is 1. The quantitative estimate of drug-likeness (QED) is 0.730. The summed E-state index contributed by atoms with van der Waals surface area (Å²) in [4.78, 5) is 2.73. The van der Waals surface area contributed by atoms with Gasteiger partial charge in [-0.25, -0.2) is 0 Å². The van der Waals surface area contributed by atoms with E-state index in [1.54, 1.807) is 0 Å². The van der Waals surface area contributed by atoms with Gasteiger partial charge < -0.3 is 15.0 Å². The summed E-state index contributed by atoms with van der Waals surface area (Å²) in [5, 5.41) is 3.68. The molecule has 2 rings (SSSR count). The Hall–Kier alpha value is -0.120. The molecule has 0 radical (unpaired) electrons. The largest absolute Gasteiger partial charge is 0.381 e. The first-order valence-corrected chi connectivity index (χ1v) is 9.16. The lowest BCUT2D eigenvalue weighted by Crippen LogP contribution is -2.49. The van der Waals surface area contributed by atoms with Gasteiger partial charge in [-0.1, -0.05) is 20.8 Å². The number of nitrogens with one attached hydrogen (secondary N) is 1. The summed E-state index contributed by atoms with van der Waals surface area (Å²) >= 11 is 0. The molecule has 124 valence electrons. The molecule has 0 amide bonds. The third-order valence-corrected chi connectivity index (χ3v) is 5.61. The molecule has 2 aliphatic heterocycles. The van der Waals surface area contributed by atoms with E-state index < -0.39 is 0 Å². The van der Waals surface area contributed by atoms with Crippen molar-refractivity contribution in [1.82, 2.24) is 10.2 Å². The maximum Gasteiger partial charge on any atom is 0.0472 e. The highest BCUT2D eigenvalue weighted by Crippen LogP contribution is 2.33. The smallest absolute Gasteiger partial charge is 0.0472 e. The first-order valence-electron chi connectivity index (χ1n) is 9.16. The Morgan fingerprint density at radius 1 is 1.19 bits per heavy atom. The van der Waals surface area contributed by atoms with Gasteiger partial charge in [0.2, 0.25) is 0 Å². The molecule has 0 aromatic heterocycles. The van der Waals surface area contributed by atoms with E-state index in [-0.39, 0.29) is 0 Å². The molecular weight excluding hydrogens is 260 g/mol. The summed E-state index contributed by atoms with van der Waals surface area (Å²) in [6.45, 7) is 15.1. The monoisotopic (exact) mass is 296 g/mol. The van der Waals surface area contributed by atoms with Crippen molar-refractivity contribution in [1.29, 1.82) is 0 Å². The second kappa shape index (κ2) is 8.50. The Kier molecular flexibility index (Phi) is 6.97. The average molecular weight is 296 g/mol. The first kappa shape index (κ1) is 17.2. The fourth-order valence-electron chi connectivity index (χ4n) is 3.98. The van der Waals surface area contributed by atoms with Crippen LogP contribution < -0.4 is 5.32 Å². The zero-order valence-corrected chi connectivity index (χ0v) is 14.5. The summed E-state index contributed by atoms with van der Waals surface area (Å²) in [6.07, 6.45) is 6.48. The van der Waals surface area contributed by atoms with E-state index in [1.807, 2.05) is 0 Å². The zero-order chi connectivity index (χ0) is 15.1. The average Bonchev–Trinajstić information content (AvgIpc) is 2.49. The Balaban J connectivity index is 1.84. The van der Waals surface area contributed by atoms with Crippen LogP contribution in [0.5, 0.6) is 0 Å². The minimum absolute atomic E-state index is 0.456. The Labute approximate surface area is 131 Å². The number of nitrogens with zero attached hydrogens (tertiary/aromatic N) is 1. The van der Waals surface area contributed by atoms with Crippen LogP contribution in [0, 0.1) is 17.3 Å². The van der Waals surface area contributed by atoms with Crippen molar-refractivity contribution < 1.29 is 4.74 Å². The number of rotatable bonds is 7. The van der Waals surface area contributed by atoms with E-state index in [4.69, 9.17) is 4.74 Å². The van der Waals surface area contributed by atoms with Gasteiger partial charge in [0.25, 0.3) is 0 Å². The van der Waals surface area contributed by atoms with Crippen LogP contribution in [0.1, 0.15) is 52.9 Å². The number of hydrogen-bond donors (Lipinski definition) is 1. The van der Waals surface area contributed by atoms with Crippen LogP contribution in [0.3, 0.4) is 0 Å². The van der Waals surface area contributed by atoms with E-state index in [0.29, 0.717) is 5.41 Å². The second-order valence-corrected chi connectivity index (χ2v) is 7.65. The molecule has 0 aromatic rings. The maximum atomic E-state index is 5.62. The van der Waals surface area contributed by atoms with E-state index in [0.717, 1.165) is 31.6 Å². The molecule has 21 heavy (non-hydrogen) atoms. The predicted molar refractivity (Wildman–Crippen MR) is 89.6 cm³/mol. The number of piperidine rings is 1. The molecule has 0 atom stereocenters. The summed E-state index contributed by atoms with van der Waals surface area (Å²) in [6, 6.07) is 0. The predicted octanol–water partition coefficient (Wildman–Crippen LogP) is 3.15. The highest BCUT2D eigenvalue weighted by Gasteiger charge is 2.35. The van der Waals surface area contributed by atoms with Crippen molar-refractivity contribution in [2.24, 2.45) is 17.3 Å². The van der Waals surface area contributed by atoms with Crippen LogP contribution in [0.15, 0.2) is 0 Å². The standard InChI is InChI=1S/C18H36N2O/c1-4-9-19-14-18(7-12-21-13-8-18)15-20-10-5-17(6-11-20)16(2)3/h16-17,19H,4-15H2,1-3H3. The van der Waals surface area contributed by atoms with Gasteiger partial charge in [0.15, 0.2) is 0 Å². The van der Waals surface area contributed by atoms with Gasteiger partial charge in [-0.15, -0.1) is 0 Å². The Morgan fingerprint density at radius 3 is 2.43 bits per heavy atom. The van der Waals surface area contributed by atoms with Gasteiger partial charge in [-0.05, 0) is 69.0 Å². The van der Waals surface area contributed by atoms with Crippen LogP contribution in [0.4, 0.5) is 0 Å². The van der Waals surface area contributed by atoms with Crippen LogP contribution in [0.2, 0.25) is 0 Å². The summed E-state index contributed by atoms with van der Waals surface area (Å²) in [5.74, 6) is 1.81. The van der Waals surface area contributed by atoms with E-state index in [9.17, 15) is 0 Å². The molecule has 2 heterocycles. The zero-order valence-electron chi connectivity index (χ0n) is 14.5. The molecule has 0 aliphatic carbocycles. The third-order valence-electron chi connectivity index (χ3n) is 5.61. The van der Waals surface area contributed by atoms with E-state index in [2.05, 4.69) is 31.0 Å². The third kappa shape index (κ3) is 5.22. The topological polar surface area (TPSA) is 24.5 Å². The molecule has 2 fully saturated rings. The van der Waals surface area contributed by atoms with E-state index in [1.165, 1.54) is 58.3 Å². The van der Waals surface area contributed by atoms with Crippen LogP contribution in [-0.4, -0.2) is 50.8 Å². The second-order valence-electron chi connectivity index (χ2n) is 7.65. The summed E-state index contributed by atoms with van der Waals surface area (Å²) < 4.78 is 5.62. The van der Waals surface area contributed by atoms with Crippen molar-refractivity contribution >= 4 is 0 Å². The molecule has 0 bridgehead atoms. The fourth-order valence-corrected chi connectivity index (χ4v) is 3.98. The molecule has 0 aromatic carbocycles. The van der Waals surface area contributed by atoms with Gasteiger partial charge in [-0.2, -0.15) is 0 Å².